The molecular weight excluding hydrogens is 362 g/mol. The number of aromatic amines is 1. The van der Waals surface area contributed by atoms with Gasteiger partial charge >= 0.3 is 5.69 Å². The molecule has 1 aromatic heterocycles. The first kappa shape index (κ1) is 20.8. The Morgan fingerprint density at radius 1 is 1.36 bits per heavy atom. The van der Waals surface area contributed by atoms with E-state index in [4.69, 9.17) is 4.74 Å². The molecule has 0 radical (unpaired) electrons. The number of amides is 1. The fourth-order valence-electron chi connectivity index (χ4n) is 4.41. The van der Waals surface area contributed by atoms with E-state index in [0.717, 1.165) is 0 Å². The summed E-state index contributed by atoms with van der Waals surface area (Å²) < 4.78 is 7.07. The number of aliphatic hydroxyl groups excluding tert-OH is 1. The summed E-state index contributed by atoms with van der Waals surface area (Å²) in [6.07, 6.45) is 4.88. The van der Waals surface area contributed by atoms with Gasteiger partial charge in [0.2, 0.25) is 5.91 Å². The van der Waals surface area contributed by atoms with E-state index in [1.54, 1.807) is 6.92 Å². The molecular formula is C20H31N3O5. The summed E-state index contributed by atoms with van der Waals surface area (Å²) in [5.41, 5.74) is -0.660. The van der Waals surface area contributed by atoms with Gasteiger partial charge in [-0.15, -0.1) is 0 Å². The second-order valence-electron chi connectivity index (χ2n) is 8.86. The van der Waals surface area contributed by atoms with E-state index in [-0.39, 0.29) is 24.3 Å². The average Bonchev–Trinajstić information content (AvgIpc) is 3.26. The Labute approximate surface area is 164 Å². The van der Waals surface area contributed by atoms with Crippen LogP contribution in [0.5, 0.6) is 0 Å². The van der Waals surface area contributed by atoms with Gasteiger partial charge < -0.3 is 15.2 Å². The SMILES string of the molecule is Cc1cn(C2CC(O)C(CNC(=O)CC(C)(C)C3CCCC3)O2)c(=O)[nH]c1=O. The fourth-order valence-corrected chi connectivity index (χ4v) is 4.41. The second-order valence-corrected chi connectivity index (χ2v) is 8.86. The molecule has 3 unspecified atom stereocenters. The number of hydrogen-bond acceptors (Lipinski definition) is 5. The summed E-state index contributed by atoms with van der Waals surface area (Å²) in [6, 6.07) is 0. The molecule has 2 fully saturated rings. The van der Waals surface area contributed by atoms with E-state index < -0.39 is 29.7 Å². The second kappa shape index (κ2) is 8.21. The van der Waals surface area contributed by atoms with Crippen LogP contribution in [0.2, 0.25) is 0 Å². The smallest absolute Gasteiger partial charge is 0.330 e. The standard InChI is InChI=1S/C20H31N3O5/c1-12-11-23(19(27)22-18(12)26)17-8-14(24)15(28-17)10-21-16(25)9-20(2,3)13-6-4-5-7-13/h11,13-15,17,24H,4-10H2,1-3H3,(H,21,25)(H,22,26,27). The number of aryl methyl sites for hydroxylation is 1. The zero-order valence-corrected chi connectivity index (χ0v) is 16.9. The number of H-pyrrole nitrogens is 1. The van der Waals surface area contributed by atoms with Gasteiger partial charge in [0.25, 0.3) is 5.56 Å². The van der Waals surface area contributed by atoms with E-state index in [0.29, 0.717) is 17.9 Å². The van der Waals surface area contributed by atoms with Crippen molar-refractivity contribution < 1.29 is 14.6 Å². The van der Waals surface area contributed by atoms with Crippen LogP contribution in [0.15, 0.2) is 15.8 Å². The van der Waals surface area contributed by atoms with Crippen LogP contribution in [0.4, 0.5) is 0 Å². The highest BCUT2D eigenvalue weighted by Crippen LogP contribution is 2.41. The fraction of sp³-hybridized carbons (Fsp3) is 0.750. The third kappa shape index (κ3) is 4.55. The molecule has 1 aliphatic carbocycles. The molecule has 1 amide bonds. The summed E-state index contributed by atoms with van der Waals surface area (Å²) in [6.45, 7) is 6.08. The van der Waals surface area contributed by atoms with E-state index in [1.165, 1.54) is 36.4 Å². The van der Waals surface area contributed by atoms with Crippen LogP contribution in [-0.4, -0.2) is 39.3 Å². The monoisotopic (exact) mass is 393 g/mol. The molecule has 2 heterocycles. The predicted molar refractivity (Wildman–Crippen MR) is 104 cm³/mol. The van der Waals surface area contributed by atoms with Gasteiger partial charge in [0, 0.05) is 31.1 Å². The Morgan fingerprint density at radius 3 is 2.71 bits per heavy atom. The quantitative estimate of drug-likeness (QED) is 0.672. The van der Waals surface area contributed by atoms with Crippen LogP contribution < -0.4 is 16.6 Å². The lowest BCUT2D eigenvalue weighted by molar-refractivity contribution is -0.124. The van der Waals surface area contributed by atoms with Crippen molar-refractivity contribution in [3.63, 3.8) is 0 Å². The molecule has 1 aliphatic heterocycles. The zero-order valence-electron chi connectivity index (χ0n) is 16.9. The Kier molecular flexibility index (Phi) is 6.09. The maximum atomic E-state index is 12.4. The van der Waals surface area contributed by atoms with Crippen molar-refractivity contribution in [3.8, 4) is 0 Å². The van der Waals surface area contributed by atoms with Gasteiger partial charge in [-0.25, -0.2) is 4.79 Å². The lowest BCUT2D eigenvalue weighted by Crippen LogP contribution is -2.39. The largest absolute Gasteiger partial charge is 0.390 e. The molecule has 3 rings (SSSR count). The topological polar surface area (TPSA) is 113 Å². The van der Waals surface area contributed by atoms with Gasteiger partial charge in [0.15, 0.2) is 0 Å². The van der Waals surface area contributed by atoms with Crippen molar-refractivity contribution in [2.45, 2.75) is 77.7 Å². The number of nitrogens with zero attached hydrogens (tertiary/aromatic N) is 1. The minimum Gasteiger partial charge on any atom is -0.390 e. The van der Waals surface area contributed by atoms with Gasteiger partial charge in [-0.2, -0.15) is 0 Å². The third-order valence-corrected chi connectivity index (χ3v) is 6.24. The summed E-state index contributed by atoms with van der Waals surface area (Å²) in [5, 5.41) is 13.2. The van der Waals surface area contributed by atoms with Gasteiger partial charge in [-0.3, -0.25) is 19.1 Å². The summed E-state index contributed by atoms with van der Waals surface area (Å²) in [4.78, 5) is 38.2. The molecule has 8 heteroatoms. The number of ether oxygens (including phenoxy) is 1. The van der Waals surface area contributed by atoms with Crippen molar-refractivity contribution in [2.75, 3.05) is 6.54 Å². The molecule has 156 valence electrons. The van der Waals surface area contributed by atoms with Gasteiger partial charge in [-0.1, -0.05) is 26.7 Å². The highest BCUT2D eigenvalue weighted by atomic mass is 16.5. The molecule has 2 aliphatic rings. The highest BCUT2D eigenvalue weighted by Gasteiger charge is 2.37. The Morgan fingerprint density at radius 2 is 2.04 bits per heavy atom. The molecule has 0 aromatic carbocycles. The maximum Gasteiger partial charge on any atom is 0.330 e. The minimum atomic E-state index is -0.799. The predicted octanol–water partition coefficient (Wildman–Crippen LogP) is 1.22. The molecule has 3 N–H and O–H groups in total. The molecule has 8 nitrogen and oxygen atoms in total. The van der Waals surface area contributed by atoms with Gasteiger partial charge in [-0.05, 0) is 31.1 Å². The first-order valence-electron chi connectivity index (χ1n) is 10.1. The average molecular weight is 393 g/mol. The number of carbonyl (C=O) groups is 1. The van der Waals surface area contributed by atoms with Gasteiger partial charge in [0.05, 0.1) is 6.10 Å². The van der Waals surface area contributed by atoms with Crippen LogP contribution in [0.1, 0.15) is 64.2 Å². The number of aromatic nitrogens is 2. The summed E-state index contributed by atoms with van der Waals surface area (Å²) in [7, 11) is 0. The van der Waals surface area contributed by atoms with Crippen molar-refractivity contribution in [1.29, 1.82) is 0 Å². The molecule has 28 heavy (non-hydrogen) atoms. The molecule has 1 saturated heterocycles. The third-order valence-electron chi connectivity index (χ3n) is 6.24. The zero-order chi connectivity index (χ0) is 20.5. The Balaban J connectivity index is 1.55. The highest BCUT2D eigenvalue weighted by molar-refractivity contribution is 5.76. The Hall–Kier alpha value is -1.93. The molecule has 0 spiro atoms. The van der Waals surface area contributed by atoms with Crippen molar-refractivity contribution in [3.05, 3.63) is 32.6 Å². The molecule has 3 atom stereocenters. The van der Waals surface area contributed by atoms with Crippen LogP contribution in [0.3, 0.4) is 0 Å². The maximum absolute atomic E-state index is 12.4. The number of rotatable bonds is 6. The number of carbonyl (C=O) groups excluding carboxylic acids is 1. The lowest BCUT2D eigenvalue weighted by Gasteiger charge is -2.31. The van der Waals surface area contributed by atoms with E-state index in [1.807, 2.05) is 0 Å². The first-order chi connectivity index (χ1) is 13.2. The lowest BCUT2D eigenvalue weighted by atomic mass is 9.75. The van der Waals surface area contributed by atoms with Crippen LogP contribution >= 0.6 is 0 Å². The number of nitrogens with one attached hydrogen (secondary N) is 2. The number of hydrogen-bond donors (Lipinski definition) is 3. The van der Waals surface area contributed by atoms with Crippen LogP contribution in [0.25, 0.3) is 0 Å². The van der Waals surface area contributed by atoms with Crippen molar-refractivity contribution in [2.24, 2.45) is 11.3 Å². The van der Waals surface area contributed by atoms with Crippen LogP contribution in [0, 0.1) is 18.3 Å². The van der Waals surface area contributed by atoms with Gasteiger partial charge in [0.1, 0.15) is 12.3 Å². The molecule has 0 bridgehead atoms. The van der Waals surface area contributed by atoms with E-state index in [2.05, 4.69) is 24.1 Å². The summed E-state index contributed by atoms with van der Waals surface area (Å²) in [5.74, 6) is 0.527. The Bertz CT molecular complexity index is 822. The van der Waals surface area contributed by atoms with E-state index in [9.17, 15) is 19.5 Å². The van der Waals surface area contributed by atoms with Crippen LogP contribution in [-0.2, 0) is 9.53 Å². The number of aliphatic hydroxyl groups is 1. The molecule has 1 aromatic rings. The van der Waals surface area contributed by atoms with Crippen molar-refractivity contribution >= 4 is 5.91 Å². The van der Waals surface area contributed by atoms with Crippen molar-refractivity contribution in [1.82, 2.24) is 14.9 Å². The normalized spacial score (nSPS) is 25.9. The molecule has 1 saturated carbocycles. The summed E-state index contributed by atoms with van der Waals surface area (Å²) >= 11 is 0. The van der Waals surface area contributed by atoms with E-state index >= 15 is 0 Å². The minimum absolute atomic E-state index is 0.0426. The first-order valence-corrected chi connectivity index (χ1v) is 10.1.